The first-order valence-corrected chi connectivity index (χ1v) is 4.98. The lowest BCUT2D eigenvalue weighted by Gasteiger charge is -2.13. The largest absolute Gasteiger partial charge is 0.497 e. The van der Waals surface area contributed by atoms with E-state index in [9.17, 15) is 8.78 Å². The minimum absolute atomic E-state index is 0.0883. The summed E-state index contributed by atoms with van der Waals surface area (Å²) in [6, 6.07) is 2.53. The molecule has 4 heteroatoms. The standard InChI is InChI=1S/C11H13F2NO/c1-15-7-5-8(10-3-2-4-14-10)11(13)9(12)6-7/h5-6,10,14H,2-4H2,1H3. The van der Waals surface area contributed by atoms with E-state index in [1.165, 1.54) is 7.11 Å². The maximum absolute atomic E-state index is 13.5. The van der Waals surface area contributed by atoms with Crippen LogP contribution in [0.1, 0.15) is 24.4 Å². The summed E-state index contributed by atoms with van der Waals surface area (Å²) >= 11 is 0. The molecule has 82 valence electrons. The molecule has 0 aromatic heterocycles. The van der Waals surface area contributed by atoms with Crippen LogP contribution in [-0.4, -0.2) is 13.7 Å². The van der Waals surface area contributed by atoms with Gasteiger partial charge in [-0.1, -0.05) is 0 Å². The molecule has 1 unspecified atom stereocenters. The fourth-order valence-electron chi connectivity index (χ4n) is 1.91. The van der Waals surface area contributed by atoms with Crippen molar-refractivity contribution < 1.29 is 13.5 Å². The smallest absolute Gasteiger partial charge is 0.163 e. The van der Waals surface area contributed by atoms with Gasteiger partial charge in [-0.3, -0.25) is 0 Å². The van der Waals surface area contributed by atoms with Crippen molar-refractivity contribution in [2.75, 3.05) is 13.7 Å². The Morgan fingerprint density at radius 3 is 2.80 bits per heavy atom. The van der Waals surface area contributed by atoms with E-state index in [2.05, 4.69) is 5.32 Å². The molecule has 1 aliphatic rings. The molecule has 1 heterocycles. The van der Waals surface area contributed by atoms with Gasteiger partial charge in [-0.05, 0) is 25.5 Å². The Balaban J connectivity index is 2.39. The Labute approximate surface area is 87.2 Å². The lowest BCUT2D eigenvalue weighted by Crippen LogP contribution is -2.15. The molecule has 1 aliphatic heterocycles. The third-order valence-corrected chi connectivity index (χ3v) is 2.70. The summed E-state index contributed by atoms with van der Waals surface area (Å²) in [5.74, 6) is -1.26. The Hall–Kier alpha value is -1.16. The summed E-state index contributed by atoms with van der Waals surface area (Å²) in [7, 11) is 1.44. The highest BCUT2D eigenvalue weighted by Gasteiger charge is 2.22. The van der Waals surface area contributed by atoms with Crippen LogP contribution in [-0.2, 0) is 0 Å². The normalized spacial score (nSPS) is 20.6. The van der Waals surface area contributed by atoms with Crippen LogP contribution in [0.2, 0.25) is 0 Å². The van der Waals surface area contributed by atoms with E-state index in [-0.39, 0.29) is 6.04 Å². The lowest BCUT2D eigenvalue weighted by molar-refractivity contribution is 0.401. The number of nitrogens with one attached hydrogen (secondary N) is 1. The predicted octanol–water partition coefficient (Wildman–Crippen LogP) is 2.40. The molecule has 0 aliphatic carbocycles. The number of benzene rings is 1. The zero-order valence-electron chi connectivity index (χ0n) is 8.52. The molecule has 1 aromatic rings. The van der Waals surface area contributed by atoms with E-state index in [0.29, 0.717) is 11.3 Å². The van der Waals surface area contributed by atoms with Gasteiger partial charge in [-0.15, -0.1) is 0 Å². The van der Waals surface area contributed by atoms with Crippen LogP contribution in [0.25, 0.3) is 0 Å². The summed E-state index contributed by atoms with van der Waals surface area (Å²) in [6.07, 6.45) is 1.83. The van der Waals surface area contributed by atoms with Crippen LogP contribution < -0.4 is 10.1 Å². The molecule has 0 saturated carbocycles. The van der Waals surface area contributed by atoms with Crippen molar-refractivity contribution >= 4 is 0 Å². The molecule has 0 amide bonds. The van der Waals surface area contributed by atoms with Crippen LogP contribution in [0.5, 0.6) is 5.75 Å². The van der Waals surface area contributed by atoms with E-state index >= 15 is 0 Å². The van der Waals surface area contributed by atoms with Crippen molar-refractivity contribution in [2.24, 2.45) is 0 Å². The Morgan fingerprint density at radius 2 is 2.20 bits per heavy atom. The van der Waals surface area contributed by atoms with Crippen LogP contribution in [0.4, 0.5) is 8.78 Å². The SMILES string of the molecule is COc1cc(F)c(F)c(C2CCCN2)c1. The Kier molecular flexibility index (Phi) is 2.86. The number of hydrogen-bond acceptors (Lipinski definition) is 2. The zero-order valence-corrected chi connectivity index (χ0v) is 8.52. The van der Waals surface area contributed by atoms with Gasteiger partial charge in [-0.25, -0.2) is 8.78 Å². The van der Waals surface area contributed by atoms with Gasteiger partial charge in [-0.2, -0.15) is 0 Å². The van der Waals surface area contributed by atoms with Gasteiger partial charge in [0.25, 0.3) is 0 Å². The highest BCUT2D eigenvalue weighted by molar-refractivity contribution is 5.33. The Bertz CT molecular complexity index is 362. The molecule has 0 radical (unpaired) electrons. The highest BCUT2D eigenvalue weighted by atomic mass is 19.2. The lowest BCUT2D eigenvalue weighted by atomic mass is 10.0. The van der Waals surface area contributed by atoms with Crippen LogP contribution >= 0.6 is 0 Å². The van der Waals surface area contributed by atoms with Crippen molar-refractivity contribution in [3.63, 3.8) is 0 Å². The highest BCUT2D eigenvalue weighted by Crippen LogP contribution is 2.29. The van der Waals surface area contributed by atoms with Gasteiger partial charge in [0.15, 0.2) is 11.6 Å². The van der Waals surface area contributed by atoms with Crippen molar-refractivity contribution in [3.8, 4) is 5.75 Å². The fourth-order valence-corrected chi connectivity index (χ4v) is 1.91. The molecule has 1 N–H and O–H groups in total. The maximum atomic E-state index is 13.5. The first-order valence-electron chi connectivity index (χ1n) is 4.98. The van der Waals surface area contributed by atoms with Crippen molar-refractivity contribution in [1.82, 2.24) is 5.32 Å². The molecule has 2 nitrogen and oxygen atoms in total. The second-order valence-corrected chi connectivity index (χ2v) is 3.66. The molecule has 0 bridgehead atoms. The van der Waals surface area contributed by atoms with Gasteiger partial charge in [0, 0.05) is 17.7 Å². The first-order chi connectivity index (χ1) is 7.22. The zero-order chi connectivity index (χ0) is 10.8. The second kappa shape index (κ2) is 4.14. The number of rotatable bonds is 2. The van der Waals surface area contributed by atoms with Crippen molar-refractivity contribution in [2.45, 2.75) is 18.9 Å². The average molecular weight is 213 g/mol. The van der Waals surface area contributed by atoms with E-state index < -0.39 is 11.6 Å². The van der Waals surface area contributed by atoms with E-state index in [1.807, 2.05) is 0 Å². The topological polar surface area (TPSA) is 21.3 Å². The van der Waals surface area contributed by atoms with Gasteiger partial charge >= 0.3 is 0 Å². The number of ether oxygens (including phenoxy) is 1. The van der Waals surface area contributed by atoms with Crippen LogP contribution in [0, 0.1) is 11.6 Å². The van der Waals surface area contributed by atoms with Crippen LogP contribution in [0.3, 0.4) is 0 Å². The monoisotopic (exact) mass is 213 g/mol. The minimum Gasteiger partial charge on any atom is -0.497 e. The summed E-state index contributed by atoms with van der Waals surface area (Å²) < 4.78 is 31.6. The van der Waals surface area contributed by atoms with Crippen molar-refractivity contribution in [1.29, 1.82) is 0 Å². The molecular weight excluding hydrogens is 200 g/mol. The van der Waals surface area contributed by atoms with Gasteiger partial charge in [0.05, 0.1) is 7.11 Å². The molecule has 2 rings (SSSR count). The summed E-state index contributed by atoms with van der Waals surface area (Å²) in [5, 5.41) is 3.13. The minimum atomic E-state index is -0.849. The summed E-state index contributed by atoms with van der Waals surface area (Å²) in [6.45, 7) is 0.850. The fraction of sp³-hybridized carbons (Fsp3) is 0.455. The van der Waals surface area contributed by atoms with Gasteiger partial charge < -0.3 is 10.1 Å². The summed E-state index contributed by atoms with van der Waals surface area (Å²) in [5.41, 5.74) is 0.365. The number of hydrogen-bond donors (Lipinski definition) is 1. The third-order valence-electron chi connectivity index (χ3n) is 2.70. The quantitative estimate of drug-likeness (QED) is 0.814. The molecule has 15 heavy (non-hydrogen) atoms. The third kappa shape index (κ3) is 1.95. The van der Waals surface area contributed by atoms with Gasteiger partial charge in [0.1, 0.15) is 5.75 Å². The molecule has 1 saturated heterocycles. The van der Waals surface area contributed by atoms with E-state index in [1.54, 1.807) is 6.07 Å². The molecule has 0 spiro atoms. The van der Waals surface area contributed by atoms with E-state index in [4.69, 9.17) is 4.74 Å². The van der Waals surface area contributed by atoms with Gasteiger partial charge in [0.2, 0.25) is 0 Å². The summed E-state index contributed by atoms with van der Waals surface area (Å²) in [4.78, 5) is 0. The average Bonchev–Trinajstić information content (AvgIpc) is 2.75. The molecular formula is C11H13F2NO. The molecule has 1 aromatic carbocycles. The van der Waals surface area contributed by atoms with E-state index in [0.717, 1.165) is 25.5 Å². The Morgan fingerprint density at radius 1 is 1.40 bits per heavy atom. The van der Waals surface area contributed by atoms with Crippen molar-refractivity contribution in [3.05, 3.63) is 29.3 Å². The maximum Gasteiger partial charge on any atom is 0.163 e. The second-order valence-electron chi connectivity index (χ2n) is 3.66. The molecule has 1 fully saturated rings. The number of methoxy groups -OCH3 is 1. The molecule has 1 atom stereocenters. The first kappa shape index (κ1) is 10.4. The number of halogens is 2. The van der Waals surface area contributed by atoms with Crippen LogP contribution in [0.15, 0.2) is 12.1 Å². The predicted molar refractivity (Wildman–Crippen MR) is 52.9 cm³/mol.